The van der Waals surface area contributed by atoms with E-state index in [1.807, 2.05) is 0 Å². The lowest BCUT2D eigenvalue weighted by Gasteiger charge is -2.09. The topological polar surface area (TPSA) is 126 Å². The van der Waals surface area contributed by atoms with Crippen molar-refractivity contribution < 1.29 is 57.0 Å². The molecule has 260 valence electrons. The predicted octanol–water partition coefficient (Wildman–Crippen LogP) is 3.91. The maximum atomic E-state index is 11.6. The van der Waals surface area contributed by atoms with Gasteiger partial charge in [-0.25, -0.2) is 0 Å². The lowest BCUT2D eigenvalue weighted by Crippen LogP contribution is -2.15. The molecule has 0 aliphatic rings. The minimum absolute atomic E-state index is 0.150. The third-order valence-corrected chi connectivity index (χ3v) is 6.09. The minimum Gasteiger partial charge on any atom is -0.491 e. The summed E-state index contributed by atoms with van der Waals surface area (Å²) in [6.45, 7) is 10.5. The van der Waals surface area contributed by atoms with Gasteiger partial charge in [0.05, 0.1) is 106 Å². The summed E-state index contributed by atoms with van der Waals surface area (Å²) >= 11 is 0. The van der Waals surface area contributed by atoms with E-state index in [0.717, 1.165) is 19.1 Å². The first kappa shape index (κ1) is 40.9. The van der Waals surface area contributed by atoms with Crippen molar-refractivity contribution in [2.45, 2.75) is 45.4 Å². The number of benzene rings is 1. The van der Waals surface area contributed by atoms with Crippen LogP contribution in [0, 0.1) is 0 Å². The molecule has 0 spiro atoms. The Morgan fingerprint density at radius 3 is 1.29 bits per heavy atom. The van der Waals surface area contributed by atoms with Crippen molar-refractivity contribution >= 4 is 12.3 Å². The molecule has 0 unspecified atom stereocenters. The summed E-state index contributed by atoms with van der Waals surface area (Å²) < 4.78 is 54.3. The van der Waals surface area contributed by atoms with Crippen LogP contribution < -0.4 is 4.74 Å². The van der Waals surface area contributed by atoms with Gasteiger partial charge in [0.2, 0.25) is 0 Å². The van der Waals surface area contributed by atoms with Gasteiger partial charge in [0.1, 0.15) is 25.2 Å². The fourth-order valence-electron chi connectivity index (χ4n) is 3.66. The molecule has 1 rings (SSSR count). The molecule has 0 saturated heterocycles. The molecule has 1 aromatic carbocycles. The van der Waals surface area contributed by atoms with Gasteiger partial charge in [-0.2, -0.15) is 0 Å². The monoisotopic (exact) mass is 644 g/mol. The van der Waals surface area contributed by atoms with Crippen molar-refractivity contribution in [2.24, 2.45) is 0 Å². The zero-order valence-electron chi connectivity index (χ0n) is 27.3. The summed E-state index contributed by atoms with van der Waals surface area (Å²) in [5.74, 6) is 0.553. The van der Waals surface area contributed by atoms with Crippen LogP contribution in [0.4, 0.5) is 0 Å². The fraction of sp³-hybridized carbons (Fsp3) is 0.758. The van der Waals surface area contributed by atoms with Crippen LogP contribution in [0.25, 0.3) is 0 Å². The zero-order valence-corrected chi connectivity index (χ0v) is 27.3. The van der Waals surface area contributed by atoms with E-state index in [4.69, 9.17) is 47.4 Å². The SMILES string of the molecule is CCCCCCCC(=O)OCCOCCOCCOCCOCCOCCOCCOCCOCCOc1ccc(C=O)cc1. The number of unbranched alkanes of at least 4 members (excludes halogenated alkanes) is 4. The molecule has 0 aliphatic heterocycles. The molecular formula is C33H56O12. The van der Waals surface area contributed by atoms with Gasteiger partial charge in [0, 0.05) is 12.0 Å². The third kappa shape index (κ3) is 29.0. The van der Waals surface area contributed by atoms with E-state index < -0.39 is 0 Å². The van der Waals surface area contributed by atoms with E-state index in [1.54, 1.807) is 24.3 Å². The second kappa shape index (κ2) is 33.2. The minimum atomic E-state index is -0.150. The van der Waals surface area contributed by atoms with Crippen molar-refractivity contribution in [3.8, 4) is 5.75 Å². The van der Waals surface area contributed by atoms with Gasteiger partial charge in [-0.3, -0.25) is 9.59 Å². The van der Waals surface area contributed by atoms with E-state index in [0.29, 0.717) is 130 Å². The highest BCUT2D eigenvalue weighted by Gasteiger charge is 2.02. The van der Waals surface area contributed by atoms with Gasteiger partial charge in [0.25, 0.3) is 0 Å². The summed E-state index contributed by atoms with van der Waals surface area (Å²) in [4.78, 5) is 22.2. The average molecular weight is 645 g/mol. The quantitative estimate of drug-likeness (QED) is 0.0604. The van der Waals surface area contributed by atoms with Crippen LogP contribution in [0.2, 0.25) is 0 Å². The molecular weight excluding hydrogens is 588 g/mol. The molecule has 0 heterocycles. The van der Waals surface area contributed by atoms with Crippen LogP contribution in [-0.4, -0.2) is 131 Å². The lowest BCUT2D eigenvalue weighted by atomic mass is 10.1. The Balaban J connectivity index is 1.66. The molecule has 0 fully saturated rings. The standard InChI is InChI=1S/C33H56O12/c1-2-3-4-5-6-7-33(35)45-29-27-43-25-23-41-21-19-39-17-15-37-13-12-36-14-16-38-18-20-40-22-24-42-26-28-44-32-10-8-31(30-34)9-11-32/h8-11,30H,2-7,12-29H2,1H3. The van der Waals surface area contributed by atoms with Crippen LogP contribution in [0.1, 0.15) is 55.8 Å². The number of carbonyl (C=O) groups is 2. The number of ether oxygens (including phenoxy) is 10. The lowest BCUT2D eigenvalue weighted by molar-refractivity contribution is -0.145. The maximum Gasteiger partial charge on any atom is 0.305 e. The molecule has 0 atom stereocenters. The second-order valence-corrected chi connectivity index (χ2v) is 9.82. The molecule has 0 aliphatic carbocycles. The van der Waals surface area contributed by atoms with E-state index in [9.17, 15) is 9.59 Å². The highest BCUT2D eigenvalue weighted by Crippen LogP contribution is 2.10. The van der Waals surface area contributed by atoms with Crippen molar-refractivity contribution in [3.63, 3.8) is 0 Å². The molecule has 0 aromatic heterocycles. The van der Waals surface area contributed by atoms with Gasteiger partial charge in [-0.1, -0.05) is 32.6 Å². The van der Waals surface area contributed by atoms with Gasteiger partial charge >= 0.3 is 5.97 Å². The molecule has 0 amide bonds. The Bertz CT molecular complexity index is 777. The largest absolute Gasteiger partial charge is 0.491 e. The Morgan fingerprint density at radius 1 is 0.511 bits per heavy atom. The van der Waals surface area contributed by atoms with Crippen LogP contribution in [0.5, 0.6) is 5.75 Å². The van der Waals surface area contributed by atoms with Crippen molar-refractivity contribution in [1.82, 2.24) is 0 Å². The molecule has 12 nitrogen and oxygen atoms in total. The normalized spacial score (nSPS) is 11.1. The summed E-state index contributed by atoms with van der Waals surface area (Å²) in [5, 5.41) is 0. The first-order valence-electron chi connectivity index (χ1n) is 16.2. The van der Waals surface area contributed by atoms with Crippen LogP contribution in [0.15, 0.2) is 24.3 Å². The number of hydrogen-bond acceptors (Lipinski definition) is 12. The Morgan fingerprint density at radius 2 is 0.889 bits per heavy atom. The predicted molar refractivity (Wildman–Crippen MR) is 168 cm³/mol. The van der Waals surface area contributed by atoms with Gasteiger partial charge < -0.3 is 47.4 Å². The average Bonchev–Trinajstić information content (AvgIpc) is 3.06. The fourth-order valence-corrected chi connectivity index (χ4v) is 3.66. The smallest absolute Gasteiger partial charge is 0.305 e. The molecule has 0 N–H and O–H groups in total. The molecule has 12 heteroatoms. The first-order valence-corrected chi connectivity index (χ1v) is 16.2. The number of carbonyl (C=O) groups excluding carboxylic acids is 2. The van der Waals surface area contributed by atoms with Gasteiger partial charge in [-0.05, 0) is 30.7 Å². The summed E-state index contributed by atoms with van der Waals surface area (Å²) in [7, 11) is 0. The van der Waals surface area contributed by atoms with E-state index in [-0.39, 0.29) is 12.6 Å². The molecule has 0 bridgehead atoms. The Hall–Kier alpha value is -2.16. The summed E-state index contributed by atoms with van der Waals surface area (Å²) in [5.41, 5.74) is 0.617. The van der Waals surface area contributed by atoms with E-state index in [2.05, 4.69) is 6.92 Å². The Labute approximate surface area is 269 Å². The van der Waals surface area contributed by atoms with E-state index >= 15 is 0 Å². The van der Waals surface area contributed by atoms with Gasteiger partial charge in [-0.15, -0.1) is 0 Å². The van der Waals surface area contributed by atoms with Gasteiger partial charge in [0.15, 0.2) is 0 Å². The highest BCUT2D eigenvalue weighted by atomic mass is 16.6. The number of hydrogen-bond donors (Lipinski definition) is 0. The molecule has 0 saturated carbocycles. The maximum absolute atomic E-state index is 11.6. The first-order chi connectivity index (χ1) is 22.3. The van der Waals surface area contributed by atoms with Crippen molar-refractivity contribution in [1.29, 1.82) is 0 Å². The number of rotatable bonds is 35. The summed E-state index contributed by atoms with van der Waals surface area (Å²) in [6, 6.07) is 6.93. The Kier molecular flexibility index (Phi) is 30.2. The van der Waals surface area contributed by atoms with Crippen molar-refractivity contribution in [2.75, 3.05) is 119 Å². The number of aldehydes is 1. The van der Waals surface area contributed by atoms with Crippen LogP contribution >= 0.6 is 0 Å². The second-order valence-electron chi connectivity index (χ2n) is 9.82. The molecule has 45 heavy (non-hydrogen) atoms. The zero-order chi connectivity index (χ0) is 32.3. The summed E-state index contributed by atoms with van der Waals surface area (Å²) in [6.07, 6.45) is 6.86. The molecule has 0 radical (unpaired) electrons. The third-order valence-electron chi connectivity index (χ3n) is 6.09. The highest BCUT2D eigenvalue weighted by molar-refractivity contribution is 5.74. The van der Waals surface area contributed by atoms with Crippen LogP contribution in [0.3, 0.4) is 0 Å². The van der Waals surface area contributed by atoms with E-state index in [1.165, 1.54) is 19.3 Å². The van der Waals surface area contributed by atoms with Crippen LogP contribution in [-0.2, 0) is 47.4 Å². The van der Waals surface area contributed by atoms with Crippen molar-refractivity contribution in [3.05, 3.63) is 29.8 Å². The molecule has 1 aromatic rings. The number of esters is 1.